The molecule has 0 spiro atoms. The minimum atomic E-state index is -0.715. The number of aliphatic carboxylic acids is 1. The average molecular weight is 341 g/mol. The van der Waals surface area contributed by atoms with Crippen LogP contribution in [0.15, 0.2) is 12.2 Å². The van der Waals surface area contributed by atoms with Gasteiger partial charge in [-0.05, 0) is 44.9 Å². The van der Waals surface area contributed by atoms with Gasteiger partial charge in [0.1, 0.15) is 6.10 Å². The molecule has 0 aromatic carbocycles. The minimum Gasteiger partial charge on any atom is -0.481 e. The van der Waals surface area contributed by atoms with E-state index in [9.17, 15) is 9.59 Å². The molecule has 24 heavy (non-hydrogen) atoms. The standard InChI is InChI=1S/C20H36O4/c1-3-4-5-6-7-9-12-15-19(24-18(2)21)16-13-10-8-11-14-17-20(22)23/h7,9,19H,3-6,8,10-17H2,1-2H3,(H,22,23). The van der Waals surface area contributed by atoms with Gasteiger partial charge in [0.2, 0.25) is 0 Å². The average Bonchev–Trinajstić information content (AvgIpc) is 2.52. The quantitative estimate of drug-likeness (QED) is 0.224. The molecular weight excluding hydrogens is 304 g/mol. The van der Waals surface area contributed by atoms with Crippen molar-refractivity contribution >= 4 is 11.9 Å². The van der Waals surface area contributed by atoms with E-state index >= 15 is 0 Å². The maximum atomic E-state index is 11.2. The Balaban J connectivity index is 3.77. The highest BCUT2D eigenvalue weighted by atomic mass is 16.5. The van der Waals surface area contributed by atoms with Crippen LogP contribution in [0.4, 0.5) is 0 Å². The van der Waals surface area contributed by atoms with Crippen LogP contribution in [0.2, 0.25) is 0 Å². The van der Waals surface area contributed by atoms with Crippen molar-refractivity contribution in [1.82, 2.24) is 0 Å². The molecule has 0 fully saturated rings. The predicted molar refractivity (Wildman–Crippen MR) is 98.0 cm³/mol. The number of hydrogen-bond acceptors (Lipinski definition) is 3. The molecular formula is C20H36O4. The van der Waals surface area contributed by atoms with Crippen molar-refractivity contribution in [3.05, 3.63) is 12.2 Å². The SMILES string of the molecule is CCCCCC=CCCC(CCCCCCCC(=O)O)OC(C)=O. The second kappa shape index (κ2) is 16.5. The van der Waals surface area contributed by atoms with E-state index in [4.69, 9.17) is 9.84 Å². The van der Waals surface area contributed by atoms with Gasteiger partial charge in [0.05, 0.1) is 0 Å². The molecule has 4 heteroatoms. The van der Waals surface area contributed by atoms with Crippen LogP contribution in [0.1, 0.15) is 97.3 Å². The molecule has 0 heterocycles. The van der Waals surface area contributed by atoms with Gasteiger partial charge >= 0.3 is 11.9 Å². The molecule has 0 bridgehead atoms. The molecule has 0 rings (SSSR count). The molecule has 0 aliphatic carbocycles. The van der Waals surface area contributed by atoms with E-state index in [0.29, 0.717) is 0 Å². The summed E-state index contributed by atoms with van der Waals surface area (Å²) in [6.45, 7) is 3.68. The largest absolute Gasteiger partial charge is 0.481 e. The van der Waals surface area contributed by atoms with Crippen molar-refractivity contribution in [1.29, 1.82) is 0 Å². The van der Waals surface area contributed by atoms with Crippen LogP contribution in [-0.4, -0.2) is 23.1 Å². The summed E-state index contributed by atoms with van der Waals surface area (Å²) in [5.41, 5.74) is 0. The van der Waals surface area contributed by atoms with E-state index in [-0.39, 0.29) is 18.5 Å². The van der Waals surface area contributed by atoms with Crippen molar-refractivity contribution in [2.45, 2.75) is 103 Å². The number of rotatable bonds is 16. The Kier molecular flexibility index (Phi) is 15.6. The van der Waals surface area contributed by atoms with Crippen LogP contribution in [0.3, 0.4) is 0 Å². The predicted octanol–water partition coefficient (Wildman–Crippen LogP) is 5.65. The summed E-state index contributed by atoms with van der Waals surface area (Å²) >= 11 is 0. The number of carbonyl (C=O) groups excluding carboxylic acids is 1. The van der Waals surface area contributed by atoms with Gasteiger partial charge in [0, 0.05) is 13.3 Å². The first kappa shape index (κ1) is 22.7. The lowest BCUT2D eigenvalue weighted by atomic mass is 10.0. The van der Waals surface area contributed by atoms with Crippen LogP contribution in [0.5, 0.6) is 0 Å². The topological polar surface area (TPSA) is 63.6 Å². The smallest absolute Gasteiger partial charge is 0.303 e. The van der Waals surface area contributed by atoms with Gasteiger partial charge in [0.15, 0.2) is 0 Å². The molecule has 4 nitrogen and oxygen atoms in total. The number of unbranched alkanes of at least 4 members (excludes halogenated alkanes) is 7. The molecule has 0 aliphatic heterocycles. The van der Waals surface area contributed by atoms with E-state index < -0.39 is 5.97 Å². The zero-order chi connectivity index (χ0) is 18.0. The first-order valence-electron chi connectivity index (χ1n) is 9.60. The second-order valence-electron chi connectivity index (χ2n) is 6.48. The second-order valence-corrected chi connectivity index (χ2v) is 6.48. The fourth-order valence-electron chi connectivity index (χ4n) is 2.71. The summed E-state index contributed by atoms with van der Waals surface area (Å²) in [4.78, 5) is 21.6. The zero-order valence-electron chi connectivity index (χ0n) is 15.6. The zero-order valence-corrected chi connectivity index (χ0v) is 15.6. The number of ether oxygens (including phenoxy) is 1. The van der Waals surface area contributed by atoms with E-state index in [1.54, 1.807) is 0 Å². The molecule has 1 N–H and O–H groups in total. The molecule has 0 amide bonds. The Hall–Kier alpha value is -1.32. The summed E-state index contributed by atoms with van der Waals surface area (Å²) in [5.74, 6) is -0.916. The molecule has 0 radical (unpaired) electrons. The van der Waals surface area contributed by atoms with Gasteiger partial charge in [-0.2, -0.15) is 0 Å². The van der Waals surface area contributed by atoms with Crippen LogP contribution in [0.25, 0.3) is 0 Å². The third kappa shape index (κ3) is 17.0. The van der Waals surface area contributed by atoms with Crippen molar-refractivity contribution in [2.24, 2.45) is 0 Å². The fourth-order valence-corrected chi connectivity index (χ4v) is 2.71. The number of carbonyl (C=O) groups is 2. The number of hydrogen-bond donors (Lipinski definition) is 1. The Morgan fingerprint density at radius 1 is 0.917 bits per heavy atom. The lowest BCUT2D eigenvalue weighted by Gasteiger charge is -2.16. The van der Waals surface area contributed by atoms with E-state index in [2.05, 4.69) is 19.1 Å². The van der Waals surface area contributed by atoms with Crippen LogP contribution in [0, 0.1) is 0 Å². The first-order valence-corrected chi connectivity index (χ1v) is 9.60. The molecule has 140 valence electrons. The summed E-state index contributed by atoms with van der Waals surface area (Å²) in [6, 6.07) is 0. The first-order chi connectivity index (χ1) is 11.6. The molecule has 0 aromatic rings. The van der Waals surface area contributed by atoms with E-state index in [0.717, 1.165) is 57.8 Å². The van der Waals surface area contributed by atoms with E-state index in [1.165, 1.54) is 26.2 Å². The summed E-state index contributed by atoms with van der Waals surface area (Å²) in [7, 11) is 0. The molecule has 0 aliphatic rings. The maximum absolute atomic E-state index is 11.2. The highest BCUT2D eigenvalue weighted by Gasteiger charge is 2.10. The van der Waals surface area contributed by atoms with Crippen molar-refractivity contribution in [2.75, 3.05) is 0 Å². The third-order valence-corrected chi connectivity index (χ3v) is 4.05. The Labute approximate surface area is 147 Å². The van der Waals surface area contributed by atoms with Gasteiger partial charge in [-0.3, -0.25) is 9.59 Å². The van der Waals surface area contributed by atoms with Crippen LogP contribution in [-0.2, 0) is 14.3 Å². The summed E-state index contributed by atoms with van der Waals surface area (Å²) in [5, 5.41) is 8.58. The van der Waals surface area contributed by atoms with Gasteiger partial charge in [-0.1, -0.05) is 51.2 Å². The highest BCUT2D eigenvalue weighted by Crippen LogP contribution is 2.15. The van der Waals surface area contributed by atoms with Gasteiger partial charge in [0.25, 0.3) is 0 Å². The van der Waals surface area contributed by atoms with E-state index in [1.807, 2.05) is 0 Å². The monoisotopic (exact) mass is 340 g/mol. The lowest BCUT2D eigenvalue weighted by molar-refractivity contribution is -0.147. The van der Waals surface area contributed by atoms with Gasteiger partial charge in [-0.15, -0.1) is 0 Å². The number of carboxylic acids is 1. The summed E-state index contributed by atoms with van der Waals surface area (Å²) in [6.07, 6.45) is 17.3. The minimum absolute atomic E-state index is 0.0156. The maximum Gasteiger partial charge on any atom is 0.303 e. The van der Waals surface area contributed by atoms with Crippen LogP contribution >= 0.6 is 0 Å². The Morgan fingerprint density at radius 3 is 2.25 bits per heavy atom. The molecule has 1 unspecified atom stereocenters. The number of allylic oxidation sites excluding steroid dienone is 2. The molecule has 0 saturated carbocycles. The fraction of sp³-hybridized carbons (Fsp3) is 0.800. The lowest BCUT2D eigenvalue weighted by Crippen LogP contribution is -2.16. The Morgan fingerprint density at radius 2 is 1.58 bits per heavy atom. The third-order valence-electron chi connectivity index (χ3n) is 4.05. The molecule has 0 saturated heterocycles. The number of carboxylic acid groups (broad SMARTS) is 1. The van der Waals surface area contributed by atoms with Gasteiger partial charge in [-0.25, -0.2) is 0 Å². The normalized spacial score (nSPS) is 12.4. The number of esters is 1. The van der Waals surface area contributed by atoms with Gasteiger partial charge < -0.3 is 9.84 Å². The summed E-state index contributed by atoms with van der Waals surface area (Å²) < 4.78 is 5.40. The highest BCUT2D eigenvalue weighted by molar-refractivity contribution is 5.66. The van der Waals surface area contributed by atoms with Crippen LogP contribution < -0.4 is 0 Å². The molecule has 1 atom stereocenters. The molecule has 0 aromatic heterocycles. The van der Waals surface area contributed by atoms with Crippen molar-refractivity contribution in [3.63, 3.8) is 0 Å². The van der Waals surface area contributed by atoms with Crippen molar-refractivity contribution in [3.8, 4) is 0 Å². The van der Waals surface area contributed by atoms with Crippen molar-refractivity contribution < 1.29 is 19.4 Å². The Bertz CT molecular complexity index is 350.